The monoisotopic (exact) mass is 290 g/mol. The third-order valence-corrected chi connectivity index (χ3v) is 4.47. The van der Waals surface area contributed by atoms with Gasteiger partial charge in [-0.1, -0.05) is 11.6 Å². The number of hydrogen-bond donors (Lipinski definition) is 0. The molecule has 2 rings (SSSR count). The van der Waals surface area contributed by atoms with Crippen LogP contribution in [0.3, 0.4) is 0 Å². The summed E-state index contributed by atoms with van der Waals surface area (Å²) in [7, 11) is -0.502. The number of halogens is 3. The molecule has 2 aliphatic rings. The second-order valence-corrected chi connectivity index (χ2v) is 6.39. The van der Waals surface area contributed by atoms with Gasteiger partial charge in [-0.05, 0) is 52.1 Å². The minimum atomic E-state index is -2.50. The number of rotatable bonds is 2. The first kappa shape index (κ1) is 15.0. The summed E-state index contributed by atoms with van der Waals surface area (Å²) in [4.78, 5) is 0. The Morgan fingerprint density at radius 1 is 1.16 bits per heavy atom. The van der Waals surface area contributed by atoms with Crippen LogP contribution in [-0.4, -0.2) is 24.7 Å². The van der Waals surface area contributed by atoms with E-state index in [1.165, 1.54) is 0 Å². The first-order valence-corrected chi connectivity index (χ1v) is 6.74. The van der Waals surface area contributed by atoms with E-state index < -0.39 is 24.7 Å². The Labute approximate surface area is 117 Å². The van der Waals surface area contributed by atoms with Crippen LogP contribution in [0.2, 0.25) is 0 Å². The van der Waals surface area contributed by atoms with Gasteiger partial charge in [-0.15, -0.1) is 0 Å². The quantitative estimate of drug-likeness (QED) is 0.713. The van der Waals surface area contributed by atoms with Gasteiger partial charge in [-0.2, -0.15) is 0 Å². The smallest absolute Gasteiger partial charge is 0.400 e. The average Bonchev–Trinajstić information content (AvgIpc) is 2.47. The van der Waals surface area contributed by atoms with Gasteiger partial charge in [0.1, 0.15) is 0 Å². The van der Waals surface area contributed by atoms with E-state index in [1.54, 1.807) is 6.08 Å². The lowest BCUT2D eigenvalue weighted by Crippen LogP contribution is -2.41. The minimum Gasteiger partial charge on any atom is -0.400 e. The van der Waals surface area contributed by atoms with Gasteiger partial charge in [0.15, 0.2) is 0 Å². The summed E-state index contributed by atoms with van der Waals surface area (Å²) in [6, 6.07) is 0. The van der Waals surface area contributed by atoms with Gasteiger partial charge in [0.2, 0.25) is 0 Å². The maximum Gasteiger partial charge on any atom is 0.490 e. The van der Waals surface area contributed by atoms with Crippen molar-refractivity contribution in [1.82, 2.24) is 0 Å². The summed E-state index contributed by atoms with van der Waals surface area (Å²) in [5.41, 5.74) is -0.0370. The highest BCUT2D eigenvalue weighted by atomic mass is 35.5. The summed E-state index contributed by atoms with van der Waals surface area (Å²) in [6.45, 7) is 7.83. The molecule has 0 aromatic carbocycles. The molecule has 19 heavy (non-hydrogen) atoms. The third kappa shape index (κ3) is 2.74. The SMILES string of the molecule is CC1(C)OB(C2=CC(Cl)=C(C(F)F)CC2)OC1(C)C. The molecule has 106 valence electrons. The summed E-state index contributed by atoms with van der Waals surface area (Å²) in [5, 5.41) is 0.117. The normalized spacial score (nSPS) is 26.1. The Morgan fingerprint density at radius 2 is 1.68 bits per heavy atom. The Balaban J connectivity index is 2.21. The molecule has 0 atom stereocenters. The van der Waals surface area contributed by atoms with Crippen molar-refractivity contribution in [2.24, 2.45) is 0 Å². The average molecular weight is 291 g/mol. The molecule has 0 N–H and O–H groups in total. The van der Waals surface area contributed by atoms with Crippen molar-refractivity contribution in [3.8, 4) is 0 Å². The lowest BCUT2D eigenvalue weighted by Gasteiger charge is -2.32. The summed E-state index contributed by atoms with van der Waals surface area (Å²) in [5.74, 6) is 0. The van der Waals surface area contributed by atoms with E-state index in [0.29, 0.717) is 6.42 Å². The molecule has 0 amide bonds. The van der Waals surface area contributed by atoms with Crippen molar-refractivity contribution in [3.05, 3.63) is 22.2 Å². The largest absolute Gasteiger partial charge is 0.490 e. The molecule has 6 heteroatoms. The molecular formula is C13H18BClF2O2. The van der Waals surface area contributed by atoms with E-state index in [9.17, 15) is 8.78 Å². The summed E-state index contributed by atoms with van der Waals surface area (Å²) < 4.78 is 37.2. The van der Waals surface area contributed by atoms with Gasteiger partial charge < -0.3 is 9.31 Å². The molecule has 0 aromatic rings. The van der Waals surface area contributed by atoms with Gasteiger partial charge in [0.25, 0.3) is 6.43 Å². The molecular weight excluding hydrogens is 272 g/mol. The second kappa shape index (κ2) is 4.87. The van der Waals surface area contributed by atoms with E-state index in [-0.39, 0.29) is 17.0 Å². The maximum absolute atomic E-state index is 12.7. The van der Waals surface area contributed by atoms with Crippen molar-refractivity contribution >= 4 is 18.7 Å². The number of alkyl halides is 2. The van der Waals surface area contributed by atoms with E-state index >= 15 is 0 Å². The fourth-order valence-electron chi connectivity index (χ4n) is 2.12. The molecule has 1 aliphatic carbocycles. The van der Waals surface area contributed by atoms with Crippen LogP contribution in [0.4, 0.5) is 8.78 Å². The lowest BCUT2D eigenvalue weighted by atomic mass is 9.73. The zero-order valence-electron chi connectivity index (χ0n) is 11.6. The highest BCUT2D eigenvalue weighted by Crippen LogP contribution is 2.41. The molecule has 2 nitrogen and oxygen atoms in total. The van der Waals surface area contributed by atoms with Gasteiger partial charge in [-0.25, -0.2) is 8.78 Å². The molecule has 1 heterocycles. The molecule has 0 unspecified atom stereocenters. The molecule has 0 radical (unpaired) electrons. The van der Waals surface area contributed by atoms with Gasteiger partial charge >= 0.3 is 7.12 Å². The fraction of sp³-hybridized carbons (Fsp3) is 0.692. The van der Waals surface area contributed by atoms with Gasteiger partial charge in [0, 0.05) is 10.6 Å². The van der Waals surface area contributed by atoms with Crippen LogP contribution >= 0.6 is 11.6 Å². The van der Waals surface area contributed by atoms with Crippen LogP contribution in [0.1, 0.15) is 40.5 Å². The molecule has 0 aromatic heterocycles. The first-order chi connectivity index (χ1) is 8.64. The molecule has 0 saturated carbocycles. The zero-order valence-corrected chi connectivity index (χ0v) is 12.4. The predicted octanol–water partition coefficient (Wildman–Crippen LogP) is 4.10. The number of hydrogen-bond acceptors (Lipinski definition) is 2. The minimum absolute atomic E-state index is 0.00179. The van der Waals surface area contributed by atoms with E-state index in [1.807, 2.05) is 27.7 Å². The Bertz CT molecular complexity index is 428. The number of allylic oxidation sites excluding steroid dienone is 4. The van der Waals surface area contributed by atoms with Crippen LogP contribution < -0.4 is 0 Å². The van der Waals surface area contributed by atoms with Gasteiger partial charge in [0.05, 0.1) is 11.2 Å². The van der Waals surface area contributed by atoms with Crippen molar-refractivity contribution in [3.63, 3.8) is 0 Å². The van der Waals surface area contributed by atoms with Crippen molar-refractivity contribution in [2.75, 3.05) is 0 Å². The Kier molecular flexibility index (Phi) is 3.84. The van der Waals surface area contributed by atoms with Crippen molar-refractivity contribution in [2.45, 2.75) is 58.2 Å². The molecule has 0 spiro atoms. The van der Waals surface area contributed by atoms with E-state index in [4.69, 9.17) is 20.9 Å². The maximum atomic E-state index is 12.7. The van der Waals surface area contributed by atoms with E-state index in [0.717, 1.165) is 5.47 Å². The highest BCUT2D eigenvalue weighted by Gasteiger charge is 2.52. The topological polar surface area (TPSA) is 18.5 Å². The third-order valence-electron chi connectivity index (χ3n) is 4.12. The molecule has 1 fully saturated rings. The zero-order chi connectivity index (χ0) is 14.4. The van der Waals surface area contributed by atoms with Crippen LogP contribution in [0.25, 0.3) is 0 Å². The van der Waals surface area contributed by atoms with Crippen LogP contribution in [-0.2, 0) is 9.31 Å². The Morgan fingerprint density at radius 3 is 2.11 bits per heavy atom. The van der Waals surface area contributed by atoms with Crippen LogP contribution in [0.5, 0.6) is 0 Å². The molecule has 1 saturated heterocycles. The molecule has 0 bridgehead atoms. The first-order valence-electron chi connectivity index (χ1n) is 6.37. The standard InChI is InChI=1S/C13H18BClF2O2/c1-12(2)13(3,4)19-14(18-12)8-5-6-9(11(16)17)10(15)7-8/h7,11H,5-6H2,1-4H3. The van der Waals surface area contributed by atoms with Gasteiger partial charge in [-0.3, -0.25) is 0 Å². The summed E-state index contributed by atoms with van der Waals surface area (Å²) in [6.07, 6.45) is -0.183. The molecule has 1 aliphatic heterocycles. The fourth-order valence-corrected chi connectivity index (χ4v) is 2.44. The van der Waals surface area contributed by atoms with Crippen molar-refractivity contribution < 1.29 is 18.1 Å². The predicted molar refractivity (Wildman–Crippen MR) is 72.3 cm³/mol. The lowest BCUT2D eigenvalue weighted by molar-refractivity contribution is 0.00578. The van der Waals surface area contributed by atoms with E-state index in [2.05, 4.69) is 0 Å². The highest BCUT2D eigenvalue weighted by molar-refractivity contribution is 6.55. The second-order valence-electron chi connectivity index (χ2n) is 5.98. The van der Waals surface area contributed by atoms with Crippen LogP contribution in [0.15, 0.2) is 22.2 Å². The van der Waals surface area contributed by atoms with Crippen molar-refractivity contribution in [1.29, 1.82) is 0 Å². The van der Waals surface area contributed by atoms with Crippen LogP contribution in [0, 0.1) is 0 Å². The Hall–Kier alpha value is -0.385. The summed E-state index contributed by atoms with van der Waals surface area (Å²) >= 11 is 5.91.